The molecule has 4 rings (SSSR count). The van der Waals surface area contributed by atoms with Crippen molar-refractivity contribution in [3.63, 3.8) is 0 Å². The third-order valence-electron chi connectivity index (χ3n) is 5.56. The van der Waals surface area contributed by atoms with E-state index in [0.29, 0.717) is 47.1 Å². The van der Waals surface area contributed by atoms with E-state index in [4.69, 9.17) is 5.14 Å². The number of rotatable bonds is 11. The molecule has 2 aromatic heterocycles. The number of amides is 1. The lowest BCUT2D eigenvalue weighted by Gasteiger charge is -2.12. The van der Waals surface area contributed by atoms with E-state index in [0.717, 1.165) is 11.1 Å². The quantitative estimate of drug-likeness (QED) is 0.213. The first-order valence-electron chi connectivity index (χ1n) is 11.4. The SMILES string of the molecule is NS(=O)(=O)c1ccc(CCNC(=O)CCCn2c(SCc3cccc(F)c3)nc3ccsc3c2=O)cc1. The number of sulfonamides is 1. The van der Waals surface area contributed by atoms with E-state index >= 15 is 0 Å². The first-order chi connectivity index (χ1) is 17.7. The van der Waals surface area contributed by atoms with Crippen LogP contribution in [-0.4, -0.2) is 30.4 Å². The Morgan fingerprint density at radius 1 is 1.14 bits per heavy atom. The average molecular weight is 561 g/mol. The average Bonchev–Trinajstić information content (AvgIpc) is 3.33. The van der Waals surface area contributed by atoms with Crippen LogP contribution in [-0.2, 0) is 33.5 Å². The fourth-order valence-corrected chi connectivity index (χ4v) is 5.95. The zero-order valence-electron chi connectivity index (χ0n) is 19.7. The number of nitrogens with zero attached hydrogens (tertiary/aromatic N) is 2. The lowest BCUT2D eigenvalue weighted by molar-refractivity contribution is -0.121. The number of hydrogen-bond acceptors (Lipinski definition) is 7. The molecule has 0 bridgehead atoms. The summed E-state index contributed by atoms with van der Waals surface area (Å²) in [6.45, 7) is 0.721. The number of benzene rings is 2. The number of thiophene rings is 1. The highest BCUT2D eigenvalue weighted by atomic mass is 32.2. The van der Waals surface area contributed by atoms with Crippen LogP contribution in [0.1, 0.15) is 24.0 Å². The monoisotopic (exact) mass is 560 g/mol. The number of thioether (sulfide) groups is 1. The molecule has 0 fully saturated rings. The summed E-state index contributed by atoms with van der Waals surface area (Å²) in [6.07, 6.45) is 1.21. The number of nitrogens with two attached hydrogens (primary N) is 1. The fourth-order valence-electron chi connectivity index (χ4n) is 3.68. The van der Waals surface area contributed by atoms with Gasteiger partial charge in [-0.2, -0.15) is 0 Å². The second-order valence-corrected chi connectivity index (χ2v) is 11.7. The summed E-state index contributed by atoms with van der Waals surface area (Å²) >= 11 is 2.69. The highest BCUT2D eigenvalue weighted by Crippen LogP contribution is 2.24. The Bertz CT molecular complexity index is 1570. The molecule has 1 amide bonds. The molecule has 8 nitrogen and oxygen atoms in total. The number of primary sulfonamides is 1. The van der Waals surface area contributed by atoms with Gasteiger partial charge in [0, 0.05) is 25.3 Å². The van der Waals surface area contributed by atoms with Crippen LogP contribution < -0.4 is 16.0 Å². The van der Waals surface area contributed by atoms with Gasteiger partial charge in [0.1, 0.15) is 10.5 Å². The third-order valence-corrected chi connectivity index (χ3v) is 8.43. The second-order valence-electron chi connectivity index (χ2n) is 8.30. The van der Waals surface area contributed by atoms with E-state index in [1.165, 1.54) is 47.4 Å². The molecule has 0 unspecified atom stereocenters. The van der Waals surface area contributed by atoms with Gasteiger partial charge >= 0.3 is 0 Å². The molecule has 0 atom stereocenters. The van der Waals surface area contributed by atoms with Gasteiger partial charge in [0.2, 0.25) is 15.9 Å². The van der Waals surface area contributed by atoms with E-state index < -0.39 is 10.0 Å². The molecule has 0 saturated heterocycles. The van der Waals surface area contributed by atoms with Gasteiger partial charge in [0.05, 0.1) is 10.4 Å². The summed E-state index contributed by atoms with van der Waals surface area (Å²) in [5, 5.41) is 10.3. The summed E-state index contributed by atoms with van der Waals surface area (Å²) in [6, 6.07) is 14.3. The van der Waals surface area contributed by atoms with Crippen LogP contribution in [0.25, 0.3) is 10.2 Å². The normalized spacial score (nSPS) is 11.6. The lowest BCUT2D eigenvalue weighted by atomic mass is 10.1. The van der Waals surface area contributed by atoms with Crippen molar-refractivity contribution in [1.82, 2.24) is 14.9 Å². The predicted octanol–water partition coefficient (Wildman–Crippen LogP) is 3.68. The highest BCUT2D eigenvalue weighted by Gasteiger charge is 2.14. The van der Waals surface area contributed by atoms with Crippen LogP contribution in [0, 0.1) is 5.82 Å². The van der Waals surface area contributed by atoms with Gasteiger partial charge in [0.15, 0.2) is 5.16 Å². The van der Waals surface area contributed by atoms with Crippen LogP contribution in [0.5, 0.6) is 0 Å². The molecular weight excluding hydrogens is 535 g/mol. The minimum absolute atomic E-state index is 0.0409. The molecular formula is C25H25FN4O4S3. The number of halogens is 1. The standard InChI is InChI=1S/C25H25FN4O4S3/c26-19-4-1-3-18(15-19)16-36-25-29-21-11-14-35-23(21)24(32)30(25)13-2-5-22(31)28-12-10-17-6-8-20(9-7-17)37(27,33)34/h1,3-4,6-9,11,14-15H,2,5,10,12-13,16H2,(H,28,31)(H2,27,33,34). The molecule has 0 aliphatic carbocycles. The van der Waals surface area contributed by atoms with Gasteiger partial charge in [-0.1, -0.05) is 36.0 Å². The van der Waals surface area contributed by atoms with Crippen molar-refractivity contribution in [2.75, 3.05) is 6.54 Å². The molecule has 4 aromatic rings. The molecule has 0 spiro atoms. The first-order valence-corrected chi connectivity index (χ1v) is 14.9. The molecule has 12 heteroatoms. The Balaban J connectivity index is 1.33. The van der Waals surface area contributed by atoms with E-state index in [1.54, 1.807) is 28.8 Å². The van der Waals surface area contributed by atoms with Crippen molar-refractivity contribution in [3.05, 3.63) is 87.3 Å². The minimum atomic E-state index is -3.74. The molecule has 194 valence electrons. The predicted molar refractivity (Wildman–Crippen MR) is 144 cm³/mol. The summed E-state index contributed by atoms with van der Waals surface area (Å²) in [5.74, 6) is -0.00462. The van der Waals surface area contributed by atoms with Gasteiger partial charge in [-0.25, -0.2) is 22.9 Å². The highest BCUT2D eigenvalue weighted by molar-refractivity contribution is 7.98. The minimum Gasteiger partial charge on any atom is -0.356 e. The largest absolute Gasteiger partial charge is 0.356 e. The molecule has 2 aromatic carbocycles. The van der Waals surface area contributed by atoms with Crippen molar-refractivity contribution < 1.29 is 17.6 Å². The van der Waals surface area contributed by atoms with Gasteiger partial charge in [-0.05, 0) is 59.7 Å². The summed E-state index contributed by atoms with van der Waals surface area (Å²) in [5.41, 5.74) is 2.14. The fraction of sp³-hybridized carbons (Fsp3) is 0.240. The Labute approximate surface area is 221 Å². The topological polar surface area (TPSA) is 124 Å². The molecule has 37 heavy (non-hydrogen) atoms. The van der Waals surface area contributed by atoms with E-state index in [9.17, 15) is 22.4 Å². The Morgan fingerprint density at radius 2 is 1.92 bits per heavy atom. The third kappa shape index (κ3) is 7.25. The zero-order valence-corrected chi connectivity index (χ0v) is 22.2. The number of nitrogens with one attached hydrogen (secondary N) is 1. The Hall–Kier alpha value is -3.06. The number of aromatic nitrogens is 2. The maximum atomic E-state index is 13.5. The second kappa shape index (κ2) is 12.0. The molecule has 3 N–H and O–H groups in total. The van der Waals surface area contributed by atoms with Crippen LogP contribution in [0.4, 0.5) is 4.39 Å². The van der Waals surface area contributed by atoms with E-state index in [-0.39, 0.29) is 28.6 Å². The number of hydrogen-bond donors (Lipinski definition) is 2. The summed E-state index contributed by atoms with van der Waals surface area (Å²) in [7, 11) is -3.74. The van der Waals surface area contributed by atoms with Gasteiger partial charge in [-0.3, -0.25) is 14.2 Å². The van der Waals surface area contributed by atoms with Crippen molar-refractivity contribution in [2.45, 2.75) is 41.6 Å². The van der Waals surface area contributed by atoms with Crippen LogP contribution in [0.3, 0.4) is 0 Å². The Kier molecular flexibility index (Phi) is 8.75. The van der Waals surface area contributed by atoms with Gasteiger partial charge in [-0.15, -0.1) is 11.3 Å². The first kappa shape index (κ1) is 27.0. The van der Waals surface area contributed by atoms with E-state index in [2.05, 4.69) is 10.3 Å². The molecule has 0 radical (unpaired) electrons. The zero-order chi connectivity index (χ0) is 26.4. The van der Waals surface area contributed by atoms with Crippen molar-refractivity contribution in [3.8, 4) is 0 Å². The van der Waals surface area contributed by atoms with Crippen LogP contribution >= 0.6 is 23.1 Å². The Morgan fingerprint density at radius 3 is 2.65 bits per heavy atom. The van der Waals surface area contributed by atoms with Crippen LogP contribution in [0.15, 0.2) is 74.8 Å². The molecule has 2 heterocycles. The molecule has 0 aliphatic heterocycles. The van der Waals surface area contributed by atoms with Crippen molar-refractivity contribution in [1.29, 1.82) is 0 Å². The summed E-state index contributed by atoms with van der Waals surface area (Å²) in [4.78, 5) is 30.1. The van der Waals surface area contributed by atoms with Crippen LogP contribution in [0.2, 0.25) is 0 Å². The lowest BCUT2D eigenvalue weighted by Crippen LogP contribution is -2.27. The number of carbonyl (C=O) groups excluding carboxylic acids is 1. The number of fused-ring (bicyclic) bond motifs is 1. The maximum Gasteiger partial charge on any atom is 0.272 e. The number of carbonyl (C=O) groups is 1. The van der Waals surface area contributed by atoms with Gasteiger partial charge in [0.25, 0.3) is 5.56 Å². The van der Waals surface area contributed by atoms with Crippen molar-refractivity contribution >= 4 is 49.2 Å². The maximum absolute atomic E-state index is 13.5. The molecule has 0 aliphatic rings. The van der Waals surface area contributed by atoms with Crippen molar-refractivity contribution in [2.24, 2.45) is 5.14 Å². The van der Waals surface area contributed by atoms with Gasteiger partial charge < -0.3 is 5.32 Å². The smallest absolute Gasteiger partial charge is 0.272 e. The summed E-state index contributed by atoms with van der Waals surface area (Å²) < 4.78 is 38.4. The van der Waals surface area contributed by atoms with E-state index in [1.807, 2.05) is 11.4 Å². The molecule has 0 saturated carbocycles.